The molecule has 26 heavy (non-hydrogen) atoms. The number of hydrogen-bond donors (Lipinski definition) is 0. The van der Waals surface area contributed by atoms with Crippen LogP contribution in [0.1, 0.15) is 11.5 Å². The SMILES string of the molecule is COc1cccc(-c2noc(CN3C(=O)COc4ccc(C)cc43)n2)c1. The van der Waals surface area contributed by atoms with Crippen LogP contribution in [0, 0.1) is 6.92 Å². The van der Waals surface area contributed by atoms with Gasteiger partial charge in [0.2, 0.25) is 11.7 Å². The number of fused-ring (bicyclic) bond motifs is 1. The molecule has 0 radical (unpaired) electrons. The summed E-state index contributed by atoms with van der Waals surface area (Å²) in [4.78, 5) is 18.3. The van der Waals surface area contributed by atoms with Crippen LogP contribution in [0.25, 0.3) is 11.4 Å². The maximum atomic E-state index is 12.3. The third-order valence-corrected chi connectivity index (χ3v) is 4.15. The second-order valence-electron chi connectivity index (χ2n) is 5.98. The summed E-state index contributed by atoms with van der Waals surface area (Å²) in [6.07, 6.45) is 0. The van der Waals surface area contributed by atoms with Gasteiger partial charge >= 0.3 is 0 Å². The number of methoxy groups -OCH3 is 1. The quantitative estimate of drug-likeness (QED) is 0.719. The number of nitrogens with zero attached hydrogens (tertiary/aromatic N) is 3. The van der Waals surface area contributed by atoms with Gasteiger partial charge in [0, 0.05) is 5.56 Å². The van der Waals surface area contributed by atoms with Crippen molar-refractivity contribution in [3.05, 3.63) is 53.9 Å². The molecule has 2 heterocycles. The fraction of sp³-hybridized carbons (Fsp3) is 0.211. The van der Waals surface area contributed by atoms with Gasteiger partial charge in [-0.25, -0.2) is 0 Å². The van der Waals surface area contributed by atoms with E-state index < -0.39 is 0 Å². The van der Waals surface area contributed by atoms with Gasteiger partial charge < -0.3 is 14.0 Å². The van der Waals surface area contributed by atoms with Crippen LogP contribution in [-0.2, 0) is 11.3 Å². The van der Waals surface area contributed by atoms with E-state index in [4.69, 9.17) is 14.0 Å². The van der Waals surface area contributed by atoms with E-state index in [1.807, 2.05) is 49.4 Å². The average molecular weight is 351 g/mol. The molecule has 0 bridgehead atoms. The van der Waals surface area contributed by atoms with Gasteiger partial charge in [-0.3, -0.25) is 9.69 Å². The predicted molar refractivity (Wildman–Crippen MR) is 94.2 cm³/mol. The summed E-state index contributed by atoms with van der Waals surface area (Å²) in [5, 5.41) is 4.02. The standard InChI is InChI=1S/C19H17N3O4/c1-12-6-7-16-15(8-12)22(18(23)11-25-16)10-17-20-19(21-26-17)13-4-3-5-14(9-13)24-2/h3-9H,10-11H2,1-2H3. The third kappa shape index (κ3) is 2.99. The molecular weight excluding hydrogens is 334 g/mol. The van der Waals surface area contributed by atoms with Crippen molar-refractivity contribution in [2.24, 2.45) is 0 Å². The first-order valence-electron chi connectivity index (χ1n) is 8.15. The number of hydrogen-bond acceptors (Lipinski definition) is 6. The zero-order chi connectivity index (χ0) is 18.1. The van der Waals surface area contributed by atoms with Crippen LogP contribution in [-0.4, -0.2) is 29.8 Å². The summed E-state index contributed by atoms with van der Waals surface area (Å²) in [7, 11) is 1.60. The minimum Gasteiger partial charge on any atom is -0.497 e. The van der Waals surface area contributed by atoms with Crippen LogP contribution in [0.5, 0.6) is 11.5 Å². The van der Waals surface area contributed by atoms with Gasteiger partial charge in [-0.05, 0) is 36.8 Å². The Bertz CT molecular complexity index is 967. The number of ether oxygens (including phenoxy) is 2. The summed E-state index contributed by atoms with van der Waals surface area (Å²) in [6.45, 7) is 2.15. The monoisotopic (exact) mass is 351 g/mol. The highest BCUT2D eigenvalue weighted by atomic mass is 16.5. The van der Waals surface area contributed by atoms with E-state index in [-0.39, 0.29) is 19.1 Å². The molecule has 2 aromatic carbocycles. The molecule has 7 heteroatoms. The van der Waals surface area contributed by atoms with Gasteiger partial charge in [0.05, 0.1) is 12.8 Å². The fourth-order valence-electron chi connectivity index (χ4n) is 2.82. The van der Waals surface area contributed by atoms with Crippen molar-refractivity contribution < 1.29 is 18.8 Å². The molecule has 0 N–H and O–H groups in total. The number of carbonyl (C=O) groups is 1. The molecule has 1 amide bonds. The van der Waals surface area contributed by atoms with E-state index >= 15 is 0 Å². The lowest BCUT2D eigenvalue weighted by atomic mass is 10.1. The van der Waals surface area contributed by atoms with Crippen molar-refractivity contribution in [2.75, 3.05) is 18.6 Å². The molecule has 1 aliphatic rings. The van der Waals surface area contributed by atoms with Crippen LogP contribution in [0.3, 0.4) is 0 Å². The summed E-state index contributed by atoms with van der Waals surface area (Å²) in [5.41, 5.74) is 2.53. The normalized spacial score (nSPS) is 13.3. The predicted octanol–water partition coefficient (Wildman–Crippen LogP) is 2.98. The van der Waals surface area contributed by atoms with Gasteiger partial charge in [-0.15, -0.1) is 0 Å². The van der Waals surface area contributed by atoms with E-state index in [0.717, 1.165) is 11.1 Å². The maximum absolute atomic E-state index is 12.3. The number of carbonyl (C=O) groups excluding carboxylic acids is 1. The number of amides is 1. The second-order valence-corrected chi connectivity index (χ2v) is 5.98. The summed E-state index contributed by atoms with van der Waals surface area (Å²) in [6, 6.07) is 13.1. The number of benzene rings is 2. The first-order valence-corrected chi connectivity index (χ1v) is 8.15. The molecule has 0 atom stereocenters. The largest absolute Gasteiger partial charge is 0.497 e. The Morgan fingerprint density at radius 1 is 1.23 bits per heavy atom. The molecule has 132 valence electrons. The van der Waals surface area contributed by atoms with Gasteiger partial charge in [-0.2, -0.15) is 4.98 Å². The molecule has 0 saturated heterocycles. The zero-order valence-electron chi connectivity index (χ0n) is 14.4. The zero-order valence-corrected chi connectivity index (χ0v) is 14.4. The maximum Gasteiger partial charge on any atom is 0.265 e. The first kappa shape index (κ1) is 16.1. The Balaban J connectivity index is 1.61. The van der Waals surface area contributed by atoms with Gasteiger partial charge in [0.15, 0.2) is 6.61 Å². The summed E-state index contributed by atoms with van der Waals surface area (Å²) >= 11 is 0. The highest BCUT2D eigenvalue weighted by molar-refractivity contribution is 5.97. The minimum atomic E-state index is -0.149. The minimum absolute atomic E-state index is 0.00700. The van der Waals surface area contributed by atoms with Crippen molar-refractivity contribution in [3.63, 3.8) is 0 Å². The Kier molecular flexibility index (Phi) is 4.04. The van der Waals surface area contributed by atoms with E-state index in [1.165, 1.54) is 0 Å². The lowest BCUT2D eigenvalue weighted by Gasteiger charge is -2.28. The molecule has 3 aromatic rings. The van der Waals surface area contributed by atoms with Crippen LogP contribution >= 0.6 is 0 Å². The number of rotatable bonds is 4. The van der Waals surface area contributed by atoms with E-state index in [2.05, 4.69) is 10.1 Å². The Hall–Kier alpha value is -3.35. The number of aryl methyl sites for hydroxylation is 1. The van der Waals surface area contributed by atoms with Crippen LogP contribution in [0.4, 0.5) is 5.69 Å². The molecule has 0 aliphatic carbocycles. The second kappa shape index (κ2) is 6.51. The van der Waals surface area contributed by atoms with Gasteiger partial charge in [0.25, 0.3) is 5.91 Å². The average Bonchev–Trinajstić information content (AvgIpc) is 3.13. The Labute approximate surface area is 150 Å². The van der Waals surface area contributed by atoms with Gasteiger partial charge in [-0.1, -0.05) is 23.4 Å². The smallest absolute Gasteiger partial charge is 0.265 e. The Morgan fingerprint density at radius 3 is 2.96 bits per heavy atom. The van der Waals surface area contributed by atoms with Crippen molar-refractivity contribution in [3.8, 4) is 22.9 Å². The third-order valence-electron chi connectivity index (χ3n) is 4.15. The Morgan fingerprint density at radius 2 is 2.12 bits per heavy atom. The molecule has 7 nitrogen and oxygen atoms in total. The molecule has 0 fully saturated rings. The van der Waals surface area contributed by atoms with Crippen LogP contribution in [0.15, 0.2) is 47.0 Å². The summed E-state index contributed by atoms with van der Waals surface area (Å²) < 4.78 is 16.1. The molecule has 4 rings (SSSR count). The fourth-order valence-corrected chi connectivity index (χ4v) is 2.82. The molecule has 1 aromatic heterocycles. The molecule has 0 unspecified atom stereocenters. The van der Waals surface area contributed by atoms with Crippen molar-refractivity contribution in [2.45, 2.75) is 13.5 Å². The molecule has 0 spiro atoms. The van der Waals surface area contributed by atoms with Crippen LogP contribution < -0.4 is 14.4 Å². The highest BCUT2D eigenvalue weighted by Crippen LogP contribution is 2.34. The van der Waals surface area contributed by atoms with Crippen molar-refractivity contribution in [1.29, 1.82) is 0 Å². The van der Waals surface area contributed by atoms with Crippen molar-refractivity contribution >= 4 is 11.6 Å². The molecule has 0 saturated carbocycles. The summed E-state index contributed by atoms with van der Waals surface area (Å²) in [5.74, 6) is 2.03. The number of aromatic nitrogens is 2. The molecular formula is C19H17N3O4. The van der Waals surface area contributed by atoms with Crippen LogP contribution in [0.2, 0.25) is 0 Å². The first-order chi connectivity index (χ1) is 12.6. The number of anilines is 1. The topological polar surface area (TPSA) is 77.7 Å². The highest BCUT2D eigenvalue weighted by Gasteiger charge is 2.27. The lowest BCUT2D eigenvalue weighted by molar-refractivity contribution is -0.121. The van der Waals surface area contributed by atoms with Crippen molar-refractivity contribution in [1.82, 2.24) is 10.1 Å². The van der Waals surface area contributed by atoms with E-state index in [1.54, 1.807) is 12.0 Å². The lowest BCUT2D eigenvalue weighted by Crippen LogP contribution is -2.38. The molecule has 1 aliphatic heterocycles. The van der Waals surface area contributed by atoms with E-state index in [9.17, 15) is 4.79 Å². The van der Waals surface area contributed by atoms with Gasteiger partial charge in [0.1, 0.15) is 18.0 Å². The van der Waals surface area contributed by atoms with E-state index in [0.29, 0.717) is 28.9 Å².